The maximum Gasteiger partial charge on any atom is 0.335 e. The molecular weight excluding hydrogens is 274 g/mol. The van der Waals surface area contributed by atoms with Gasteiger partial charge in [0.15, 0.2) is 10.8 Å². The van der Waals surface area contributed by atoms with Crippen LogP contribution in [0.2, 0.25) is 0 Å². The van der Waals surface area contributed by atoms with Gasteiger partial charge in [0.2, 0.25) is 0 Å². The fourth-order valence-electron chi connectivity index (χ4n) is 1.81. The number of carbonyl (C=O) groups is 1. The number of aromatic carboxylic acids is 1. The summed E-state index contributed by atoms with van der Waals surface area (Å²) in [6.07, 6.45) is 1.92. The zero-order chi connectivity index (χ0) is 13.9. The van der Waals surface area contributed by atoms with Gasteiger partial charge in [-0.3, -0.25) is 4.40 Å². The van der Waals surface area contributed by atoms with E-state index in [1.165, 1.54) is 0 Å². The lowest BCUT2D eigenvalue weighted by molar-refractivity contribution is 0.0697. The molecule has 0 fully saturated rings. The largest absolute Gasteiger partial charge is 0.478 e. The third kappa shape index (κ3) is 2.50. The first kappa shape index (κ1) is 12.7. The van der Waals surface area contributed by atoms with Crippen molar-refractivity contribution in [1.29, 1.82) is 0 Å². The van der Waals surface area contributed by atoms with Crippen molar-refractivity contribution < 1.29 is 9.90 Å². The summed E-state index contributed by atoms with van der Waals surface area (Å²) < 4.78 is 1.93. The van der Waals surface area contributed by atoms with E-state index in [-0.39, 0.29) is 0 Å². The van der Waals surface area contributed by atoms with Gasteiger partial charge in [0, 0.05) is 11.9 Å². The number of hydrogen-bond donors (Lipinski definition) is 1. The first-order valence-corrected chi connectivity index (χ1v) is 6.97. The minimum atomic E-state index is -0.910. The zero-order valence-corrected chi connectivity index (χ0v) is 11.2. The molecule has 3 aromatic rings. The third-order valence-corrected chi connectivity index (χ3v) is 3.87. The molecule has 6 heteroatoms. The smallest absolute Gasteiger partial charge is 0.335 e. The molecule has 5 nitrogen and oxygen atoms in total. The second kappa shape index (κ2) is 5.34. The maximum atomic E-state index is 10.8. The molecule has 0 aliphatic rings. The first-order chi connectivity index (χ1) is 9.74. The molecule has 0 aliphatic carbocycles. The first-order valence-electron chi connectivity index (χ1n) is 5.99. The molecule has 2 aromatic heterocycles. The van der Waals surface area contributed by atoms with Crippen molar-refractivity contribution in [2.24, 2.45) is 0 Å². The topological polar surface area (TPSA) is 67.5 Å². The van der Waals surface area contributed by atoms with Gasteiger partial charge in [0.25, 0.3) is 0 Å². The zero-order valence-electron chi connectivity index (χ0n) is 10.4. The lowest BCUT2D eigenvalue weighted by Gasteiger charge is -2.01. The summed E-state index contributed by atoms with van der Waals surface area (Å²) in [5.41, 5.74) is 2.16. The number of nitrogens with zero attached hydrogens (tertiary/aromatic N) is 3. The minimum absolute atomic E-state index is 0.298. The van der Waals surface area contributed by atoms with Crippen molar-refractivity contribution in [3.63, 3.8) is 0 Å². The Kier molecular flexibility index (Phi) is 3.39. The van der Waals surface area contributed by atoms with E-state index in [9.17, 15) is 4.79 Å². The highest BCUT2D eigenvalue weighted by molar-refractivity contribution is 7.98. The number of thioether (sulfide) groups is 1. The number of pyridine rings is 1. The maximum absolute atomic E-state index is 10.8. The van der Waals surface area contributed by atoms with E-state index in [0.29, 0.717) is 5.56 Å². The third-order valence-electron chi connectivity index (χ3n) is 2.85. The Balaban J connectivity index is 1.74. The molecule has 20 heavy (non-hydrogen) atoms. The summed E-state index contributed by atoms with van der Waals surface area (Å²) in [5, 5.41) is 17.9. The molecule has 0 aliphatic heterocycles. The van der Waals surface area contributed by atoms with E-state index in [1.807, 2.05) is 40.9 Å². The molecule has 100 valence electrons. The van der Waals surface area contributed by atoms with Gasteiger partial charge < -0.3 is 5.11 Å². The number of benzene rings is 1. The summed E-state index contributed by atoms with van der Waals surface area (Å²) in [4.78, 5) is 10.8. The number of rotatable bonds is 4. The minimum Gasteiger partial charge on any atom is -0.478 e. The van der Waals surface area contributed by atoms with E-state index in [2.05, 4.69) is 10.2 Å². The fourth-order valence-corrected chi connectivity index (χ4v) is 2.69. The van der Waals surface area contributed by atoms with E-state index in [0.717, 1.165) is 22.1 Å². The highest BCUT2D eigenvalue weighted by Crippen LogP contribution is 2.21. The summed E-state index contributed by atoms with van der Waals surface area (Å²) in [7, 11) is 0. The molecule has 0 saturated carbocycles. The number of hydrogen-bond acceptors (Lipinski definition) is 4. The van der Waals surface area contributed by atoms with Crippen molar-refractivity contribution in [3.8, 4) is 0 Å². The van der Waals surface area contributed by atoms with Crippen LogP contribution < -0.4 is 0 Å². The standard InChI is InChI=1S/C14H11N3O2S/c18-13(19)11-6-4-10(5-7-11)9-20-14-16-15-12-3-1-2-8-17(12)14/h1-8H,9H2,(H,18,19). The van der Waals surface area contributed by atoms with Gasteiger partial charge in [-0.1, -0.05) is 30.0 Å². The van der Waals surface area contributed by atoms with Crippen molar-refractivity contribution >= 4 is 23.4 Å². The van der Waals surface area contributed by atoms with Crippen molar-refractivity contribution in [2.75, 3.05) is 0 Å². The molecule has 2 heterocycles. The molecule has 0 saturated heterocycles. The Bertz CT molecular complexity index is 752. The van der Waals surface area contributed by atoms with Crippen LogP contribution in [0, 0.1) is 0 Å². The number of carboxylic acids is 1. The Morgan fingerprint density at radius 3 is 2.70 bits per heavy atom. The lowest BCUT2D eigenvalue weighted by Crippen LogP contribution is -1.95. The fraction of sp³-hybridized carbons (Fsp3) is 0.0714. The summed E-state index contributed by atoms with van der Waals surface area (Å²) in [6, 6.07) is 12.6. The van der Waals surface area contributed by atoms with Crippen LogP contribution in [0.15, 0.2) is 53.8 Å². The Hall–Kier alpha value is -2.34. The van der Waals surface area contributed by atoms with Crippen molar-refractivity contribution in [3.05, 3.63) is 59.8 Å². The van der Waals surface area contributed by atoms with Gasteiger partial charge in [-0.05, 0) is 29.8 Å². The van der Waals surface area contributed by atoms with Crippen molar-refractivity contribution in [1.82, 2.24) is 14.6 Å². The average Bonchev–Trinajstić information content (AvgIpc) is 2.89. The monoisotopic (exact) mass is 285 g/mol. The quantitative estimate of drug-likeness (QED) is 0.746. The molecule has 0 atom stereocenters. The van der Waals surface area contributed by atoms with E-state index >= 15 is 0 Å². The van der Waals surface area contributed by atoms with Gasteiger partial charge in [-0.25, -0.2) is 4.79 Å². The number of carboxylic acid groups (broad SMARTS) is 1. The Morgan fingerprint density at radius 1 is 1.15 bits per heavy atom. The summed E-state index contributed by atoms with van der Waals surface area (Å²) in [6.45, 7) is 0. The van der Waals surface area contributed by atoms with Crippen LogP contribution >= 0.6 is 11.8 Å². The highest BCUT2D eigenvalue weighted by atomic mass is 32.2. The second-order valence-corrected chi connectivity index (χ2v) is 5.14. The molecule has 1 aromatic carbocycles. The van der Waals surface area contributed by atoms with Crippen LogP contribution in [-0.4, -0.2) is 25.7 Å². The van der Waals surface area contributed by atoms with Crippen LogP contribution in [-0.2, 0) is 5.75 Å². The predicted octanol–water partition coefficient (Wildman–Crippen LogP) is 2.72. The molecule has 0 bridgehead atoms. The van der Waals surface area contributed by atoms with Gasteiger partial charge >= 0.3 is 5.97 Å². The van der Waals surface area contributed by atoms with Crippen LogP contribution in [0.3, 0.4) is 0 Å². The van der Waals surface area contributed by atoms with Gasteiger partial charge in [0.05, 0.1) is 5.56 Å². The molecule has 0 amide bonds. The normalized spacial score (nSPS) is 10.8. The van der Waals surface area contributed by atoms with Crippen LogP contribution in [0.1, 0.15) is 15.9 Å². The molecule has 0 radical (unpaired) electrons. The molecule has 0 spiro atoms. The van der Waals surface area contributed by atoms with Gasteiger partial charge in [0.1, 0.15) is 0 Å². The second-order valence-electron chi connectivity index (χ2n) is 4.20. The van der Waals surface area contributed by atoms with Crippen LogP contribution in [0.4, 0.5) is 0 Å². The van der Waals surface area contributed by atoms with Crippen LogP contribution in [0.5, 0.6) is 0 Å². The van der Waals surface area contributed by atoms with Crippen LogP contribution in [0.25, 0.3) is 5.65 Å². The summed E-state index contributed by atoms with van der Waals surface area (Å²) in [5.74, 6) is -0.192. The van der Waals surface area contributed by atoms with Crippen molar-refractivity contribution in [2.45, 2.75) is 10.9 Å². The number of aromatic nitrogens is 3. The molecular formula is C14H11N3O2S. The Labute approximate surface area is 119 Å². The molecule has 0 unspecified atom stereocenters. The summed E-state index contributed by atoms with van der Waals surface area (Å²) >= 11 is 1.57. The van der Waals surface area contributed by atoms with E-state index in [1.54, 1.807) is 23.9 Å². The average molecular weight is 285 g/mol. The predicted molar refractivity (Wildman–Crippen MR) is 75.9 cm³/mol. The molecule has 1 N–H and O–H groups in total. The van der Waals surface area contributed by atoms with E-state index < -0.39 is 5.97 Å². The van der Waals surface area contributed by atoms with Gasteiger partial charge in [-0.2, -0.15) is 0 Å². The Morgan fingerprint density at radius 2 is 1.95 bits per heavy atom. The van der Waals surface area contributed by atoms with Gasteiger partial charge in [-0.15, -0.1) is 10.2 Å². The lowest BCUT2D eigenvalue weighted by atomic mass is 10.1. The highest BCUT2D eigenvalue weighted by Gasteiger charge is 2.06. The SMILES string of the molecule is O=C(O)c1ccc(CSc2nnc3ccccn23)cc1. The molecule has 3 rings (SSSR count). The number of fused-ring (bicyclic) bond motifs is 1. The van der Waals surface area contributed by atoms with E-state index in [4.69, 9.17) is 5.11 Å².